The molecule has 10 rings (SSSR count). The van der Waals surface area contributed by atoms with E-state index in [1.807, 2.05) is 0 Å². The van der Waals surface area contributed by atoms with Crippen molar-refractivity contribution >= 4 is 88.6 Å². The van der Waals surface area contributed by atoms with Crippen molar-refractivity contribution in [2.45, 2.75) is 55.3 Å². The summed E-state index contributed by atoms with van der Waals surface area (Å²) in [4.78, 5) is 4.82. The van der Waals surface area contributed by atoms with Crippen LogP contribution in [0.4, 0.5) is 34.1 Å². The van der Waals surface area contributed by atoms with Gasteiger partial charge in [0.15, 0.2) is 0 Å². The van der Waals surface area contributed by atoms with Crippen LogP contribution in [0.5, 0.6) is 0 Å². The first-order chi connectivity index (χ1) is 33.4. The molecule has 1 aliphatic rings. The standard InChI is InChI=1S/C63H53Br2IN2/c1-2-3-4-5-6-17-42-63(66)59-43-48(45-26-33-51(34-27-45)67(52-35-29-49(64)30-36-52)61-24-15-13-22-55(61)46-18-9-7-10-19-46)28-40-57(59)58-41-39-54(44-60(58)63)68(53-37-31-50(65)32-38-53)62-25-16-14-23-56(62)47-20-11-8-12-21-47/h7-16,18-41,43-44H,2-6,17,42H2,1H3. The molecule has 0 amide bonds. The lowest BCUT2D eigenvalue weighted by Gasteiger charge is -2.30. The number of hydrogen-bond donors (Lipinski definition) is 0. The van der Waals surface area contributed by atoms with E-state index in [2.05, 4.69) is 290 Å². The molecule has 0 aliphatic heterocycles. The number of para-hydroxylation sites is 2. The highest BCUT2D eigenvalue weighted by Gasteiger charge is 2.41. The van der Waals surface area contributed by atoms with Crippen LogP contribution in [0.25, 0.3) is 44.5 Å². The molecule has 0 fully saturated rings. The average molecular weight is 1120 g/mol. The number of unbranched alkanes of at least 4 members (excludes halogenated alkanes) is 5. The summed E-state index contributed by atoms with van der Waals surface area (Å²) in [5.74, 6) is 0. The maximum atomic E-state index is 3.72. The molecule has 2 nitrogen and oxygen atoms in total. The molecule has 68 heavy (non-hydrogen) atoms. The summed E-state index contributed by atoms with van der Waals surface area (Å²) in [5, 5.41) is 0. The maximum absolute atomic E-state index is 3.72. The molecule has 0 saturated heterocycles. The van der Waals surface area contributed by atoms with Crippen molar-refractivity contribution in [1.82, 2.24) is 0 Å². The van der Waals surface area contributed by atoms with Gasteiger partial charge in [-0.3, -0.25) is 0 Å². The Kier molecular flexibility index (Phi) is 14.1. The molecule has 0 saturated carbocycles. The fraction of sp³-hybridized carbons (Fsp3) is 0.143. The fourth-order valence-corrected chi connectivity index (χ4v) is 11.8. The van der Waals surface area contributed by atoms with Crippen molar-refractivity contribution in [2.75, 3.05) is 9.80 Å². The summed E-state index contributed by atoms with van der Waals surface area (Å²) < 4.78 is 1.91. The van der Waals surface area contributed by atoms with Gasteiger partial charge in [-0.1, -0.05) is 227 Å². The Balaban J connectivity index is 1.05. The van der Waals surface area contributed by atoms with E-state index in [1.54, 1.807) is 0 Å². The molecule has 336 valence electrons. The van der Waals surface area contributed by atoms with E-state index in [0.29, 0.717) is 0 Å². The molecule has 0 N–H and O–H groups in total. The molecular formula is C63H53Br2IN2. The van der Waals surface area contributed by atoms with E-state index in [0.717, 1.165) is 49.5 Å². The molecule has 9 aromatic carbocycles. The number of anilines is 6. The average Bonchev–Trinajstić information content (AvgIpc) is 3.63. The van der Waals surface area contributed by atoms with Crippen molar-refractivity contribution in [3.63, 3.8) is 0 Å². The summed E-state index contributed by atoms with van der Waals surface area (Å²) >= 11 is 10.2. The maximum Gasteiger partial charge on any atom is 0.0731 e. The second-order valence-electron chi connectivity index (χ2n) is 17.7. The second kappa shape index (κ2) is 20.9. The lowest BCUT2D eigenvalue weighted by atomic mass is 9.89. The molecule has 0 aromatic heterocycles. The zero-order chi connectivity index (χ0) is 46.5. The van der Waals surface area contributed by atoms with Crippen LogP contribution in [0.1, 0.15) is 63.0 Å². The number of nitrogens with zero attached hydrogens (tertiary/aromatic N) is 2. The highest BCUT2D eigenvalue weighted by molar-refractivity contribution is 14.1. The van der Waals surface area contributed by atoms with Gasteiger partial charge in [0, 0.05) is 42.8 Å². The Bertz CT molecular complexity index is 3140. The number of fused-ring (bicyclic) bond motifs is 3. The minimum absolute atomic E-state index is 0.205. The zero-order valence-corrected chi connectivity index (χ0v) is 43.6. The van der Waals surface area contributed by atoms with Crippen molar-refractivity contribution in [3.8, 4) is 44.5 Å². The normalized spacial score (nSPS) is 13.8. The molecule has 0 bridgehead atoms. The summed E-state index contributed by atoms with van der Waals surface area (Å²) in [6, 6.07) is 80.0. The lowest BCUT2D eigenvalue weighted by Crippen LogP contribution is -2.18. The third-order valence-corrected chi connectivity index (χ3v) is 16.1. The summed E-state index contributed by atoms with van der Waals surface area (Å²) in [6.07, 6.45) is 8.66. The topological polar surface area (TPSA) is 6.48 Å². The van der Waals surface area contributed by atoms with E-state index in [-0.39, 0.29) is 3.42 Å². The largest absolute Gasteiger partial charge is 0.310 e. The van der Waals surface area contributed by atoms with Gasteiger partial charge in [0.05, 0.1) is 14.8 Å². The molecule has 9 aromatic rings. The Labute approximate surface area is 433 Å². The molecular weight excluding hydrogens is 1070 g/mol. The van der Waals surface area contributed by atoms with Crippen molar-refractivity contribution in [2.24, 2.45) is 0 Å². The summed E-state index contributed by atoms with van der Waals surface area (Å²) in [7, 11) is 0. The third-order valence-electron chi connectivity index (χ3n) is 13.4. The summed E-state index contributed by atoms with van der Waals surface area (Å²) in [5.41, 5.74) is 19.5. The van der Waals surface area contributed by atoms with Crippen molar-refractivity contribution in [1.29, 1.82) is 0 Å². The van der Waals surface area contributed by atoms with Gasteiger partial charge in [0.25, 0.3) is 0 Å². The van der Waals surface area contributed by atoms with Crippen molar-refractivity contribution in [3.05, 3.63) is 238 Å². The van der Waals surface area contributed by atoms with Crippen LogP contribution in [0.15, 0.2) is 227 Å². The van der Waals surface area contributed by atoms with E-state index in [4.69, 9.17) is 0 Å². The number of benzene rings is 9. The molecule has 1 atom stereocenters. The van der Waals surface area contributed by atoms with Crippen LogP contribution in [-0.2, 0) is 3.42 Å². The van der Waals surface area contributed by atoms with Gasteiger partial charge in [-0.05, 0) is 142 Å². The molecule has 5 heteroatoms. The van der Waals surface area contributed by atoms with E-state index >= 15 is 0 Å². The highest BCUT2D eigenvalue weighted by Crippen LogP contribution is 2.58. The molecule has 0 radical (unpaired) electrons. The SMILES string of the molecule is CCCCCCCCC1(I)c2cc(-c3ccc(N(c4ccc(Br)cc4)c4ccccc4-c4ccccc4)cc3)ccc2-c2ccc(N(c3ccc(Br)cc3)c3ccccc3-c3ccccc3)cc21. The molecule has 1 unspecified atom stereocenters. The molecule has 1 aliphatic carbocycles. The van der Waals surface area contributed by atoms with Gasteiger partial charge in [-0.25, -0.2) is 0 Å². The van der Waals surface area contributed by atoms with E-state index in [1.165, 1.54) is 94.2 Å². The van der Waals surface area contributed by atoms with Gasteiger partial charge in [-0.2, -0.15) is 0 Å². The van der Waals surface area contributed by atoms with Crippen LogP contribution < -0.4 is 9.80 Å². The summed E-state index contributed by atoms with van der Waals surface area (Å²) in [6.45, 7) is 2.30. The Morgan fingerprint density at radius 3 is 1.32 bits per heavy atom. The first-order valence-corrected chi connectivity index (χ1v) is 26.6. The first kappa shape index (κ1) is 46.0. The predicted molar refractivity (Wildman–Crippen MR) is 306 cm³/mol. The Morgan fingerprint density at radius 1 is 0.368 bits per heavy atom. The van der Waals surface area contributed by atoms with Crippen LogP contribution in [0.2, 0.25) is 0 Å². The number of alkyl halides is 1. The van der Waals surface area contributed by atoms with Gasteiger partial charge in [-0.15, -0.1) is 0 Å². The molecule has 0 spiro atoms. The monoisotopic (exact) mass is 1120 g/mol. The third kappa shape index (κ3) is 9.50. The van der Waals surface area contributed by atoms with Crippen LogP contribution >= 0.6 is 54.5 Å². The lowest BCUT2D eigenvalue weighted by molar-refractivity contribution is 0.563. The predicted octanol–water partition coefficient (Wildman–Crippen LogP) is 20.6. The number of rotatable bonds is 16. The van der Waals surface area contributed by atoms with Crippen LogP contribution in [-0.4, -0.2) is 0 Å². The highest BCUT2D eigenvalue weighted by atomic mass is 127. The van der Waals surface area contributed by atoms with E-state index < -0.39 is 0 Å². The minimum Gasteiger partial charge on any atom is -0.310 e. The van der Waals surface area contributed by atoms with Gasteiger partial charge < -0.3 is 9.80 Å². The van der Waals surface area contributed by atoms with Crippen molar-refractivity contribution < 1.29 is 0 Å². The Hall–Kier alpha value is -5.73. The number of halogens is 3. The molecule has 0 heterocycles. The smallest absolute Gasteiger partial charge is 0.0731 e. The fourth-order valence-electron chi connectivity index (χ4n) is 9.98. The second-order valence-corrected chi connectivity index (χ2v) is 21.4. The van der Waals surface area contributed by atoms with E-state index in [9.17, 15) is 0 Å². The number of hydrogen-bond acceptors (Lipinski definition) is 2. The van der Waals surface area contributed by atoms with Gasteiger partial charge in [0.2, 0.25) is 0 Å². The van der Waals surface area contributed by atoms with Crippen LogP contribution in [0.3, 0.4) is 0 Å². The first-order valence-electron chi connectivity index (χ1n) is 23.9. The van der Waals surface area contributed by atoms with Gasteiger partial charge in [0.1, 0.15) is 0 Å². The zero-order valence-electron chi connectivity index (χ0n) is 38.3. The van der Waals surface area contributed by atoms with Gasteiger partial charge >= 0.3 is 0 Å². The quantitative estimate of drug-likeness (QED) is 0.0540. The minimum atomic E-state index is -0.205. The Morgan fingerprint density at radius 2 is 0.779 bits per heavy atom. The van der Waals surface area contributed by atoms with Crippen LogP contribution in [0, 0.1) is 0 Å².